The predicted octanol–water partition coefficient (Wildman–Crippen LogP) is 2.85. The van der Waals surface area contributed by atoms with Gasteiger partial charge in [-0.05, 0) is 5.56 Å². The van der Waals surface area contributed by atoms with Crippen molar-refractivity contribution in [2.75, 3.05) is 6.61 Å². The number of ether oxygens (including phenoxy) is 1. The van der Waals surface area contributed by atoms with E-state index in [0.29, 0.717) is 5.56 Å². The van der Waals surface area contributed by atoms with Crippen molar-refractivity contribution in [1.82, 2.24) is 0 Å². The van der Waals surface area contributed by atoms with Crippen molar-refractivity contribution in [2.24, 2.45) is 0 Å². The minimum atomic E-state index is -0.890. The number of nitrogens with zero attached hydrogens (tertiary/aromatic N) is 1. The number of aliphatic hydroxyl groups is 1. The Bertz CT molecular complexity index is 603. The summed E-state index contributed by atoms with van der Waals surface area (Å²) in [7, 11) is 0. The quantitative estimate of drug-likeness (QED) is 0.673. The van der Waals surface area contributed by atoms with E-state index in [-0.39, 0.29) is 12.4 Å². The van der Waals surface area contributed by atoms with E-state index in [9.17, 15) is 19.6 Å². The van der Waals surface area contributed by atoms with Crippen LogP contribution in [0.15, 0.2) is 48.5 Å². The molecule has 0 aliphatic carbocycles. The van der Waals surface area contributed by atoms with Crippen LogP contribution in [0.25, 0.3) is 0 Å². The number of benzene rings is 2. The summed E-state index contributed by atoms with van der Waals surface area (Å²) in [6.07, 6.45) is -0.890. The van der Waals surface area contributed by atoms with Crippen molar-refractivity contribution >= 4 is 5.69 Å². The van der Waals surface area contributed by atoms with Gasteiger partial charge in [0.2, 0.25) is 0 Å². The zero-order valence-electron chi connectivity index (χ0n) is 10.4. The molecule has 0 heterocycles. The van der Waals surface area contributed by atoms with Crippen LogP contribution < -0.4 is 4.74 Å². The lowest BCUT2D eigenvalue weighted by atomic mass is 10.1. The molecule has 0 bridgehead atoms. The highest BCUT2D eigenvalue weighted by molar-refractivity contribution is 5.39. The van der Waals surface area contributed by atoms with Crippen molar-refractivity contribution in [2.45, 2.75) is 6.10 Å². The van der Waals surface area contributed by atoms with E-state index in [1.807, 2.05) is 6.07 Å². The molecule has 0 radical (unpaired) electrons. The van der Waals surface area contributed by atoms with Crippen molar-refractivity contribution < 1.29 is 19.2 Å². The SMILES string of the molecule is O=[N+]([O-])c1cc(F)cc(OC[C@@H](O)c2ccccc2)c1. The first-order valence-corrected chi connectivity index (χ1v) is 5.87. The molecule has 0 spiro atoms. The number of nitro groups is 1. The van der Waals surface area contributed by atoms with Gasteiger partial charge in [-0.2, -0.15) is 0 Å². The minimum absolute atomic E-state index is 0.00619. The molecule has 5 nitrogen and oxygen atoms in total. The molecule has 0 aliphatic rings. The van der Waals surface area contributed by atoms with Gasteiger partial charge >= 0.3 is 0 Å². The molecule has 1 N–H and O–H groups in total. The first-order chi connectivity index (χ1) is 9.56. The summed E-state index contributed by atoms with van der Waals surface area (Å²) >= 11 is 0. The lowest BCUT2D eigenvalue weighted by molar-refractivity contribution is -0.385. The molecule has 0 unspecified atom stereocenters. The fourth-order valence-corrected chi connectivity index (χ4v) is 1.68. The average Bonchev–Trinajstić information content (AvgIpc) is 2.45. The highest BCUT2D eigenvalue weighted by atomic mass is 19.1. The molecule has 2 rings (SSSR count). The Morgan fingerprint density at radius 2 is 1.95 bits per heavy atom. The highest BCUT2D eigenvalue weighted by Crippen LogP contribution is 2.23. The molecule has 104 valence electrons. The number of nitro benzene ring substituents is 1. The molecular formula is C14H12FNO4. The van der Waals surface area contributed by atoms with E-state index in [2.05, 4.69) is 0 Å². The van der Waals surface area contributed by atoms with Gasteiger partial charge in [0, 0.05) is 6.07 Å². The first-order valence-electron chi connectivity index (χ1n) is 5.87. The normalized spacial score (nSPS) is 11.9. The van der Waals surface area contributed by atoms with Gasteiger partial charge in [-0.25, -0.2) is 4.39 Å². The largest absolute Gasteiger partial charge is 0.490 e. The van der Waals surface area contributed by atoms with Gasteiger partial charge < -0.3 is 9.84 Å². The molecule has 0 aromatic heterocycles. The van der Waals surface area contributed by atoms with Crippen LogP contribution in [0.4, 0.5) is 10.1 Å². The maximum atomic E-state index is 13.2. The summed E-state index contributed by atoms with van der Waals surface area (Å²) in [6.45, 7) is -0.120. The molecule has 2 aromatic carbocycles. The topological polar surface area (TPSA) is 72.6 Å². The summed E-state index contributed by atoms with van der Waals surface area (Å²) in [5.41, 5.74) is 0.257. The summed E-state index contributed by atoms with van der Waals surface area (Å²) in [6, 6.07) is 11.8. The second kappa shape index (κ2) is 6.12. The number of hydrogen-bond acceptors (Lipinski definition) is 4. The van der Waals surface area contributed by atoms with Gasteiger partial charge in [-0.3, -0.25) is 10.1 Å². The minimum Gasteiger partial charge on any atom is -0.490 e. The van der Waals surface area contributed by atoms with Gasteiger partial charge in [-0.15, -0.1) is 0 Å². The Balaban J connectivity index is 2.06. The van der Waals surface area contributed by atoms with Gasteiger partial charge in [0.15, 0.2) is 0 Å². The molecule has 0 fully saturated rings. The molecule has 0 saturated carbocycles. The average molecular weight is 277 g/mol. The van der Waals surface area contributed by atoms with Crippen LogP contribution in [0.1, 0.15) is 11.7 Å². The number of halogens is 1. The predicted molar refractivity (Wildman–Crippen MR) is 70.0 cm³/mol. The number of rotatable bonds is 5. The van der Waals surface area contributed by atoms with Crippen molar-refractivity contribution in [3.8, 4) is 5.75 Å². The summed E-state index contributed by atoms with van der Waals surface area (Å²) in [5.74, 6) is -0.755. The number of aliphatic hydroxyl groups excluding tert-OH is 1. The lowest BCUT2D eigenvalue weighted by Gasteiger charge is -2.12. The zero-order valence-corrected chi connectivity index (χ0v) is 10.4. The van der Waals surface area contributed by atoms with E-state index >= 15 is 0 Å². The Morgan fingerprint density at radius 1 is 1.25 bits per heavy atom. The Hall–Kier alpha value is -2.47. The highest BCUT2D eigenvalue weighted by Gasteiger charge is 2.13. The van der Waals surface area contributed by atoms with E-state index in [0.717, 1.165) is 18.2 Å². The second-order valence-electron chi connectivity index (χ2n) is 4.14. The Labute approximate surface area is 114 Å². The molecular weight excluding hydrogens is 265 g/mol. The first kappa shape index (κ1) is 14.0. The zero-order chi connectivity index (χ0) is 14.5. The molecule has 20 heavy (non-hydrogen) atoms. The molecule has 1 atom stereocenters. The Morgan fingerprint density at radius 3 is 2.60 bits per heavy atom. The van der Waals surface area contributed by atoms with Gasteiger partial charge in [0.05, 0.1) is 17.1 Å². The third kappa shape index (κ3) is 3.52. The summed E-state index contributed by atoms with van der Waals surface area (Å²) in [4.78, 5) is 9.89. The van der Waals surface area contributed by atoms with Crippen LogP contribution in [0.5, 0.6) is 5.75 Å². The lowest BCUT2D eigenvalue weighted by Crippen LogP contribution is -2.09. The fourth-order valence-electron chi connectivity index (χ4n) is 1.68. The van der Waals surface area contributed by atoms with Crippen LogP contribution in [0, 0.1) is 15.9 Å². The van der Waals surface area contributed by atoms with Crippen LogP contribution >= 0.6 is 0 Å². The molecule has 2 aromatic rings. The number of non-ortho nitro benzene ring substituents is 1. The standard InChI is InChI=1S/C14H12FNO4/c15-11-6-12(16(18)19)8-13(7-11)20-9-14(17)10-4-2-1-3-5-10/h1-8,14,17H,9H2/t14-/m1/s1. The van der Waals surface area contributed by atoms with Crippen molar-refractivity contribution in [1.29, 1.82) is 0 Å². The third-order valence-electron chi connectivity index (χ3n) is 2.66. The van der Waals surface area contributed by atoms with E-state index < -0.39 is 22.5 Å². The smallest absolute Gasteiger partial charge is 0.276 e. The maximum absolute atomic E-state index is 13.2. The summed E-state index contributed by atoms with van der Waals surface area (Å²) in [5, 5.41) is 20.5. The van der Waals surface area contributed by atoms with Gasteiger partial charge in [0.1, 0.15) is 24.3 Å². The molecule has 0 aliphatic heterocycles. The van der Waals surface area contributed by atoms with Crippen molar-refractivity contribution in [3.63, 3.8) is 0 Å². The Kier molecular flexibility index (Phi) is 4.27. The second-order valence-corrected chi connectivity index (χ2v) is 4.14. The number of hydrogen-bond donors (Lipinski definition) is 1. The molecule has 0 saturated heterocycles. The van der Waals surface area contributed by atoms with Gasteiger partial charge in [-0.1, -0.05) is 30.3 Å². The molecule has 0 amide bonds. The van der Waals surface area contributed by atoms with Crippen LogP contribution in [-0.4, -0.2) is 16.6 Å². The van der Waals surface area contributed by atoms with Crippen LogP contribution in [-0.2, 0) is 0 Å². The summed E-state index contributed by atoms with van der Waals surface area (Å²) < 4.78 is 18.4. The van der Waals surface area contributed by atoms with Crippen LogP contribution in [0.2, 0.25) is 0 Å². The van der Waals surface area contributed by atoms with E-state index in [4.69, 9.17) is 4.74 Å². The third-order valence-corrected chi connectivity index (χ3v) is 2.66. The van der Waals surface area contributed by atoms with E-state index in [1.54, 1.807) is 24.3 Å². The van der Waals surface area contributed by atoms with Gasteiger partial charge in [0.25, 0.3) is 5.69 Å². The molecule has 6 heteroatoms. The monoisotopic (exact) mass is 277 g/mol. The van der Waals surface area contributed by atoms with Crippen molar-refractivity contribution in [3.05, 3.63) is 70.0 Å². The fraction of sp³-hybridized carbons (Fsp3) is 0.143. The van der Waals surface area contributed by atoms with Crippen LogP contribution in [0.3, 0.4) is 0 Å². The maximum Gasteiger partial charge on any atom is 0.276 e. The van der Waals surface area contributed by atoms with E-state index in [1.165, 1.54) is 0 Å².